The van der Waals surface area contributed by atoms with Gasteiger partial charge in [0.1, 0.15) is 11.5 Å². The van der Waals surface area contributed by atoms with Crippen molar-refractivity contribution in [3.05, 3.63) is 23.7 Å². The van der Waals surface area contributed by atoms with Crippen molar-refractivity contribution in [2.45, 2.75) is 18.4 Å². The molecule has 0 aliphatic carbocycles. The van der Waals surface area contributed by atoms with Gasteiger partial charge in [-0.1, -0.05) is 0 Å². The molecule has 1 heterocycles. The molecule has 0 fully saturated rings. The highest BCUT2D eigenvalue weighted by Crippen LogP contribution is 2.13. The van der Waals surface area contributed by atoms with Crippen LogP contribution < -0.4 is 5.32 Å². The van der Waals surface area contributed by atoms with E-state index in [1.165, 1.54) is 0 Å². The molecule has 0 bridgehead atoms. The van der Waals surface area contributed by atoms with Crippen LogP contribution in [0.1, 0.15) is 11.5 Å². The highest BCUT2D eigenvalue weighted by Gasteiger charge is 2.07. The molecule has 0 aliphatic heterocycles. The standard InChI is InChI=1S/C12H21NO3S/c1-14-8-12(15-2)7-13-6-10-4-5-11(16-10)9-17-3/h4-5,12-13H,6-9H2,1-3H3. The van der Waals surface area contributed by atoms with Crippen LogP contribution in [-0.4, -0.2) is 39.7 Å². The first-order valence-electron chi connectivity index (χ1n) is 5.59. The summed E-state index contributed by atoms with van der Waals surface area (Å²) in [6.07, 6.45) is 2.15. The van der Waals surface area contributed by atoms with Crippen molar-refractivity contribution < 1.29 is 13.9 Å². The van der Waals surface area contributed by atoms with Gasteiger partial charge in [-0.2, -0.15) is 11.8 Å². The molecule has 0 amide bonds. The lowest BCUT2D eigenvalue weighted by Crippen LogP contribution is -2.31. The number of hydrogen-bond acceptors (Lipinski definition) is 5. The lowest BCUT2D eigenvalue weighted by molar-refractivity contribution is 0.0285. The van der Waals surface area contributed by atoms with Crippen LogP contribution in [-0.2, 0) is 21.8 Å². The smallest absolute Gasteiger partial charge is 0.118 e. The molecule has 0 spiro atoms. The van der Waals surface area contributed by atoms with Crippen molar-refractivity contribution in [1.29, 1.82) is 0 Å². The largest absolute Gasteiger partial charge is 0.464 e. The van der Waals surface area contributed by atoms with E-state index in [1.807, 2.05) is 12.1 Å². The summed E-state index contributed by atoms with van der Waals surface area (Å²) in [7, 11) is 3.36. The van der Waals surface area contributed by atoms with Gasteiger partial charge in [-0.05, 0) is 18.4 Å². The van der Waals surface area contributed by atoms with Crippen molar-refractivity contribution in [2.75, 3.05) is 33.6 Å². The van der Waals surface area contributed by atoms with Crippen LogP contribution in [0.15, 0.2) is 16.5 Å². The van der Waals surface area contributed by atoms with Crippen LogP contribution in [0.3, 0.4) is 0 Å². The third-order valence-electron chi connectivity index (χ3n) is 2.36. The number of rotatable bonds is 9. The fourth-order valence-corrected chi connectivity index (χ4v) is 1.93. The molecule has 1 aromatic heterocycles. The van der Waals surface area contributed by atoms with E-state index in [0.29, 0.717) is 6.61 Å². The summed E-state index contributed by atoms with van der Waals surface area (Å²) in [6, 6.07) is 4.03. The van der Waals surface area contributed by atoms with Crippen LogP contribution in [0.5, 0.6) is 0 Å². The van der Waals surface area contributed by atoms with E-state index in [4.69, 9.17) is 13.9 Å². The van der Waals surface area contributed by atoms with E-state index in [-0.39, 0.29) is 6.10 Å². The molecule has 0 saturated heterocycles. The minimum Gasteiger partial charge on any atom is -0.464 e. The number of thioether (sulfide) groups is 1. The average Bonchev–Trinajstić information content (AvgIpc) is 2.76. The number of ether oxygens (including phenoxy) is 2. The third-order valence-corrected chi connectivity index (χ3v) is 2.93. The minimum atomic E-state index is 0.0839. The molecular weight excluding hydrogens is 238 g/mol. The summed E-state index contributed by atoms with van der Waals surface area (Å²) >= 11 is 1.76. The van der Waals surface area contributed by atoms with Gasteiger partial charge >= 0.3 is 0 Å². The summed E-state index contributed by atoms with van der Waals surface area (Å²) in [4.78, 5) is 0. The molecule has 1 atom stereocenters. The molecule has 0 aliphatic rings. The van der Waals surface area contributed by atoms with Crippen molar-refractivity contribution >= 4 is 11.8 Å². The highest BCUT2D eigenvalue weighted by molar-refractivity contribution is 7.97. The Bertz CT molecular complexity index is 304. The number of hydrogen-bond donors (Lipinski definition) is 1. The van der Waals surface area contributed by atoms with Crippen molar-refractivity contribution in [2.24, 2.45) is 0 Å². The molecule has 1 N–H and O–H groups in total. The first-order valence-corrected chi connectivity index (χ1v) is 6.98. The Hall–Kier alpha value is -0.490. The van der Waals surface area contributed by atoms with Gasteiger partial charge in [0, 0.05) is 20.8 Å². The monoisotopic (exact) mass is 259 g/mol. The maximum atomic E-state index is 5.64. The SMILES string of the molecule is COCC(CNCc1ccc(CSC)o1)OC. The van der Waals surface area contributed by atoms with Crippen LogP contribution in [0, 0.1) is 0 Å². The number of methoxy groups -OCH3 is 2. The summed E-state index contributed by atoms with van der Waals surface area (Å²) in [5.74, 6) is 2.90. The Balaban J connectivity index is 2.24. The van der Waals surface area contributed by atoms with E-state index in [1.54, 1.807) is 26.0 Å². The van der Waals surface area contributed by atoms with E-state index in [0.717, 1.165) is 30.4 Å². The predicted octanol–water partition coefficient (Wildman–Crippen LogP) is 1.89. The zero-order valence-electron chi connectivity index (χ0n) is 10.7. The average molecular weight is 259 g/mol. The minimum absolute atomic E-state index is 0.0839. The Morgan fingerprint density at radius 2 is 2.12 bits per heavy atom. The summed E-state index contributed by atoms with van der Waals surface area (Å²) in [5.41, 5.74) is 0. The fraction of sp³-hybridized carbons (Fsp3) is 0.667. The van der Waals surface area contributed by atoms with Gasteiger partial charge in [-0.3, -0.25) is 0 Å². The molecule has 1 unspecified atom stereocenters. The van der Waals surface area contributed by atoms with Crippen molar-refractivity contribution in [3.63, 3.8) is 0 Å². The highest BCUT2D eigenvalue weighted by atomic mass is 32.2. The van der Waals surface area contributed by atoms with Gasteiger partial charge in [0.2, 0.25) is 0 Å². The van der Waals surface area contributed by atoms with Gasteiger partial charge in [0.25, 0.3) is 0 Å². The number of furan rings is 1. The molecule has 0 saturated carbocycles. The molecule has 0 radical (unpaired) electrons. The van der Waals surface area contributed by atoms with E-state index in [9.17, 15) is 0 Å². The van der Waals surface area contributed by atoms with Gasteiger partial charge in [0.15, 0.2) is 0 Å². The summed E-state index contributed by atoms with van der Waals surface area (Å²) < 4.78 is 15.9. The first kappa shape index (κ1) is 14.6. The second kappa shape index (κ2) is 8.58. The van der Waals surface area contributed by atoms with Crippen molar-refractivity contribution in [1.82, 2.24) is 5.32 Å². The van der Waals surface area contributed by atoms with Gasteiger partial charge in [-0.15, -0.1) is 0 Å². The lowest BCUT2D eigenvalue weighted by atomic mass is 10.3. The van der Waals surface area contributed by atoms with Gasteiger partial charge in [0.05, 0.1) is 25.0 Å². The second-order valence-electron chi connectivity index (χ2n) is 3.74. The number of nitrogens with one attached hydrogen (secondary N) is 1. The Morgan fingerprint density at radius 3 is 2.76 bits per heavy atom. The molecule has 4 nitrogen and oxygen atoms in total. The summed E-state index contributed by atoms with van der Waals surface area (Å²) in [5, 5.41) is 3.29. The zero-order valence-corrected chi connectivity index (χ0v) is 11.5. The molecular formula is C12H21NO3S. The van der Waals surface area contributed by atoms with Crippen LogP contribution in [0.2, 0.25) is 0 Å². The Labute approximate surface area is 107 Å². The van der Waals surface area contributed by atoms with Crippen LogP contribution >= 0.6 is 11.8 Å². The quantitative estimate of drug-likeness (QED) is 0.733. The van der Waals surface area contributed by atoms with Crippen LogP contribution in [0.25, 0.3) is 0 Å². The third kappa shape index (κ3) is 5.59. The van der Waals surface area contributed by atoms with Crippen molar-refractivity contribution in [3.8, 4) is 0 Å². The van der Waals surface area contributed by atoms with E-state index in [2.05, 4.69) is 11.6 Å². The molecule has 98 valence electrons. The molecule has 17 heavy (non-hydrogen) atoms. The van der Waals surface area contributed by atoms with Crippen LogP contribution in [0.4, 0.5) is 0 Å². The van der Waals surface area contributed by atoms with E-state index >= 15 is 0 Å². The lowest BCUT2D eigenvalue weighted by Gasteiger charge is -2.14. The van der Waals surface area contributed by atoms with Gasteiger partial charge in [-0.25, -0.2) is 0 Å². The first-order chi connectivity index (χ1) is 8.30. The Morgan fingerprint density at radius 1 is 1.35 bits per heavy atom. The predicted molar refractivity (Wildman–Crippen MR) is 70.3 cm³/mol. The second-order valence-corrected chi connectivity index (χ2v) is 4.61. The maximum absolute atomic E-state index is 5.64. The molecule has 1 rings (SSSR count). The normalized spacial score (nSPS) is 12.9. The molecule has 0 aromatic carbocycles. The van der Waals surface area contributed by atoms with Gasteiger partial charge < -0.3 is 19.2 Å². The van der Waals surface area contributed by atoms with E-state index < -0.39 is 0 Å². The maximum Gasteiger partial charge on any atom is 0.118 e. The fourth-order valence-electron chi connectivity index (χ4n) is 1.49. The topological polar surface area (TPSA) is 43.6 Å². The summed E-state index contributed by atoms with van der Waals surface area (Å²) in [6.45, 7) is 2.07. The molecule has 1 aromatic rings. The zero-order chi connectivity index (χ0) is 12.5. The Kier molecular flexibility index (Phi) is 7.35. The molecule has 5 heteroatoms.